The predicted octanol–water partition coefficient (Wildman–Crippen LogP) is 2.83. The highest BCUT2D eigenvalue weighted by atomic mass is 16.5. The summed E-state index contributed by atoms with van der Waals surface area (Å²) < 4.78 is 5.23. The molecule has 27 heavy (non-hydrogen) atoms. The Morgan fingerprint density at radius 2 is 1.85 bits per heavy atom. The monoisotopic (exact) mass is 371 g/mol. The van der Waals surface area contributed by atoms with Crippen molar-refractivity contribution in [2.75, 3.05) is 0 Å². The molecule has 0 saturated heterocycles. The number of imide groups is 1. The molecule has 1 heterocycles. The van der Waals surface area contributed by atoms with E-state index in [0.29, 0.717) is 5.56 Å². The number of benzene rings is 1. The van der Waals surface area contributed by atoms with Crippen LogP contribution in [-0.2, 0) is 22.4 Å². The molecule has 2 aromatic rings. The number of aromatic nitrogens is 1. The number of hydrogen-bond donors (Lipinski definition) is 3. The molecule has 0 saturated carbocycles. The fourth-order valence-corrected chi connectivity index (χ4v) is 3.33. The molecule has 0 bridgehead atoms. The second kappa shape index (κ2) is 7.82. The maximum atomic E-state index is 12.4. The molecule has 1 aromatic heterocycles. The van der Waals surface area contributed by atoms with Gasteiger partial charge in [0, 0.05) is 22.6 Å². The molecule has 3 rings (SSSR count). The van der Waals surface area contributed by atoms with Crippen LogP contribution < -0.4 is 10.6 Å². The molecule has 7 nitrogen and oxygen atoms in total. The molecule has 0 aliphatic heterocycles. The van der Waals surface area contributed by atoms with E-state index in [1.54, 1.807) is 19.9 Å². The number of esters is 1. The van der Waals surface area contributed by atoms with Crippen molar-refractivity contribution >= 4 is 28.8 Å². The third kappa shape index (κ3) is 4.30. The number of carbonyl (C=O) groups is 3. The lowest BCUT2D eigenvalue weighted by Crippen LogP contribution is -2.46. The fourth-order valence-electron chi connectivity index (χ4n) is 3.33. The van der Waals surface area contributed by atoms with E-state index in [0.717, 1.165) is 30.2 Å². The van der Waals surface area contributed by atoms with Gasteiger partial charge in [-0.05, 0) is 70.2 Å². The number of fused-ring (bicyclic) bond motifs is 3. The number of hydrogen-bond acceptors (Lipinski definition) is 4. The summed E-state index contributed by atoms with van der Waals surface area (Å²) in [5.74, 6) is -1.25. The van der Waals surface area contributed by atoms with Gasteiger partial charge < -0.3 is 15.0 Å². The molecule has 1 aromatic carbocycles. The van der Waals surface area contributed by atoms with Gasteiger partial charge in [-0.15, -0.1) is 0 Å². The number of rotatable bonds is 4. The van der Waals surface area contributed by atoms with Gasteiger partial charge in [0.2, 0.25) is 0 Å². The van der Waals surface area contributed by atoms with Crippen LogP contribution >= 0.6 is 0 Å². The van der Waals surface area contributed by atoms with Crippen molar-refractivity contribution in [2.45, 2.75) is 58.6 Å². The molecular formula is C20H25N3O4. The summed E-state index contributed by atoms with van der Waals surface area (Å²) >= 11 is 0. The minimum Gasteiger partial charge on any atom is -0.449 e. The van der Waals surface area contributed by atoms with E-state index < -0.39 is 24.0 Å². The van der Waals surface area contributed by atoms with Gasteiger partial charge in [0.15, 0.2) is 6.10 Å². The summed E-state index contributed by atoms with van der Waals surface area (Å²) in [6.45, 7) is 5.00. The number of H-pyrrole nitrogens is 1. The highest BCUT2D eigenvalue weighted by molar-refractivity contribution is 6.00. The SMILES string of the molecule is CC(C)NC(=O)NC(=O)C(C)OC(=O)c1ccc2[nH]c3c(c2c1)CCCC3. The summed E-state index contributed by atoms with van der Waals surface area (Å²) in [4.78, 5) is 39.5. The second-order valence-corrected chi connectivity index (χ2v) is 7.21. The highest BCUT2D eigenvalue weighted by Crippen LogP contribution is 2.29. The third-order valence-electron chi connectivity index (χ3n) is 4.64. The Hall–Kier alpha value is -2.83. The van der Waals surface area contributed by atoms with Crippen molar-refractivity contribution in [3.05, 3.63) is 35.0 Å². The van der Waals surface area contributed by atoms with E-state index in [9.17, 15) is 14.4 Å². The van der Waals surface area contributed by atoms with Gasteiger partial charge in [0.05, 0.1) is 5.56 Å². The van der Waals surface area contributed by atoms with Gasteiger partial charge in [-0.25, -0.2) is 9.59 Å². The van der Waals surface area contributed by atoms with Crippen LogP contribution in [0.15, 0.2) is 18.2 Å². The molecule has 0 fully saturated rings. The number of urea groups is 1. The number of amides is 3. The van der Waals surface area contributed by atoms with Crippen molar-refractivity contribution in [3.63, 3.8) is 0 Å². The zero-order valence-corrected chi connectivity index (χ0v) is 15.8. The Balaban J connectivity index is 1.68. The van der Waals surface area contributed by atoms with Gasteiger partial charge >= 0.3 is 12.0 Å². The summed E-state index contributed by atoms with van der Waals surface area (Å²) in [6, 6.07) is 4.65. The average Bonchev–Trinajstić information content (AvgIpc) is 2.98. The quantitative estimate of drug-likeness (QED) is 0.720. The molecule has 144 valence electrons. The van der Waals surface area contributed by atoms with E-state index >= 15 is 0 Å². The molecule has 7 heteroatoms. The first-order valence-electron chi connectivity index (χ1n) is 9.31. The van der Waals surface area contributed by atoms with E-state index in [1.165, 1.54) is 24.6 Å². The van der Waals surface area contributed by atoms with Crippen molar-refractivity contribution in [3.8, 4) is 0 Å². The smallest absolute Gasteiger partial charge is 0.338 e. The molecule has 1 aliphatic carbocycles. The normalized spacial score (nSPS) is 14.5. The average molecular weight is 371 g/mol. The van der Waals surface area contributed by atoms with Crippen LogP contribution in [0.4, 0.5) is 4.79 Å². The van der Waals surface area contributed by atoms with Crippen molar-refractivity contribution in [2.24, 2.45) is 0 Å². The molecule has 1 atom stereocenters. The zero-order valence-electron chi connectivity index (χ0n) is 15.8. The fraction of sp³-hybridized carbons (Fsp3) is 0.450. The lowest BCUT2D eigenvalue weighted by Gasteiger charge is -2.14. The maximum Gasteiger partial charge on any atom is 0.338 e. The maximum absolute atomic E-state index is 12.4. The first-order valence-corrected chi connectivity index (χ1v) is 9.31. The first kappa shape index (κ1) is 18.9. The number of ether oxygens (including phenoxy) is 1. The number of carbonyl (C=O) groups excluding carboxylic acids is 3. The Labute approximate surface area is 157 Å². The number of aryl methyl sites for hydroxylation is 2. The van der Waals surface area contributed by atoms with E-state index in [2.05, 4.69) is 15.6 Å². The van der Waals surface area contributed by atoms with Crippen LogP contribution in [-0.4, -0.2) is 35.0 Å². The highest BCUT2D eigenvalue weighted by Gasteiger charge is 2.22. The van der Waals surface area contributed by atoms with Crippen LogP contribution in [0.1, 0.15) is 55.2 Å². The zero-order chi connectivity index (χ0) is 19.6. The van der Waals surface area contributed by atoms with Gasteiger partial charge in [0.25, 0.3) is 5.91 Å². The van der Waals surface area contributed by atoms with Gasteiger partial charge in [-0.1, -0.05) is 0 Å². The Morgan fingerprint density at radius 3 is 2.59 bits per heavy atom. The minimum atomic E-state index is -1.08. The number of nitrogens with one attached hydrogen (secondary N) is 3. The molecular weight excluding hydrogens is 346 g/mol. The summed E-state index contributed by atoms with van der Waals surface area (Å²) in [5.41, 5.74) is 3.91. The minimum absolute atomic E-state index is 0.102. The van der Waals surface area contributed by atoms with E-state index in [4.69, 9.17) is 4.74 Å². The lowest BCUT2D eigenvalue weighted by atomic mass is 9.95. The lowest BCUT2D eigenvalue weighted by molar-refractivity contribution is -0.127. The van der Waals surface area contributed by atoms with Crippen molar-refractivity contribution in [1.29, 1.82) is 0 Å². The number of aromatic amines is 1. The van der Waals surface area contributed by atoms with Crippen LogP contribution in [0.2, 0.25) is 0 Å². The van der Waals surface area contributed by atoms with Crippen LogP contribution in [0.3, 0.4) is 0 Å². The molecule has 3 amide bonds. The molecule has 1 unspecified atom stereocenters. The van der Waals surface area contributed by atoms with Gasteiger partial charge in [-0.2, -0.15) is 0 Å². The van der Waals surface area contributed by atoms with Crippen molar-refractivity contribution < 1.29 is 19.1 Å². The van der Waals surface area contributed by atoms with Crippen LogP contribution in [0.5, 0.6) is 0 Å². The summed E-state index contributed by atoms with van der Waals surface area (Å²) in [6.07, 6.45) is 3.26. The summed E-state index contributed by atoms with van der Waals surface area (Å²) in [5, 5.41) is 5.74. The Kier molecular flexibility index (Phi) is 5.48. The van der Waals surface area contributed by atoms with Crippen LogP contribution in [0, 0.1) is 0 Å². The topological polar surface area (TPSA) is 100 Å². The molecule has 3 N–H and O–H groups in total. The van der Waals surface area contributed by atoms with Crippen LogP contribution in [0.25, 0.3) is 10.9 Å². The molecule has 1 aliphatic rings. The van der Waals surface area contributed by atoms with Gasteiger partial charge in [0.1, 0.15) is 0 Å². The predicted molar refractivity (Wildman–Crippen MR) is 102 cm³/mol. The van der Waals surface area contributed by atoms with E-state index in [-0.39, 0.29) is 6.04 Å². The van der Waals surface area contributed by atoms with Gasteiger partial charge in [-0.3, -0.25) is 10.1 Å². The summed E-state index contributed by atoms with van der Waals surface area (Å²) in [7, 11) is 0. The van der Waals surface area contributed by atoms with E-state index in [1.807, 2.05) is 12.1 Å². The Bertz CT molecular complexity index is 885. The first-order chi connectivity index (χ1) is 12.8. The Morgan fingerprint density at radius 1 is 1.11 bits per heavy atom. The third-order valence-corrected chi connectivity index (χ3v) is 4.64. The molecule has 0 spiro atoms. The molecule has 0 radical (unpaired) electrons. The van der Waals surface area contributed by atoms with Crippen molar-refractivity contribution in [1.82, 2.24) is 15.6 Å². The standard InChI is InChI=1S/C20H25N3O4/c1-11(2)21-20(26)23-18(24)12(3)27-19(25)13-8-9-17-15(10-13)14-6-4-5-7-16(14)22-17/h8-12,22H,4-7H2,1-3H3,(H2,21,23,24,26). The second-order valence-electron chi connectivity index (χ2n) is 7.21. The largest absolute Gasteiger partial charge is 0.449 e.